The minimum Gasteiger partial charge on any atom is -0.494 e. The Morgan fingerprint density at radius 3 is 2.22 bits per heavy atom. The predicted octanol–water partition coefficient (Wildman–Crippen LogP) is 2.94. The number of rotatable bonds is 6. The number of halogens is 2. The highest BCUT2D eigenvalue weighted by molar-refractivity contribution is 7.88. The lowest BCUT2D eigenvalue weighted by Gasteiger charge is -2.17. The van der Waals surface area contributed by atoms with Crippen LogP contribution >= 0.6 is 0 Å². The second-order valence-electron chi connectivity index (χ2n) is 5.11. The van der Waals surface area contributed by atoms with Crippen LogP contribution in [0.4, 0.5) is 8.78 Å². The molecule has 7 heteroatoms. The van der Waals surface area contributed by atoms with Crippen molar-refractivity contribution >= 4 is 10.0 Å². The van der Waals surface area contributed by atoms with E-state index in [-0.39, 0.29) is 18.0 Å². The molecule has 0 radical (unpaired) electrons. The molecule has 0 saturated carbocycles. The minimum atomic E-state index is -3.60. The number of sulfonamides is 1. The number of hydrogen-bond donors (Lipinski definition) is 0. The zero-order valence-electron chi connectivity index (χ0n) is 12.8. The van der Waals surface area contributed by atoms with E-state index in [9.17, 15) is 17.2 Å². The Hall–Kier alpha value is -1.99. The second-order valence-corrected chi connectivity index (χ2v) is 7.18. The van der Waals surface area contributed by atoms with Crippen LogP contribution in [0.15, 0.2) is 42.5 Å². The summed E-state index contributed by atoms with van der Waals surface area (Å²) in [5.41, 5.74) is 0.993. The van der Waals surface area contributed by atoms with Crippen LogP contribution in [0.25, 0.3) is 0 Å². The predicted molar refractivity (Wildman–Crippen MR) is 83.4 cm³/mol. The Balaban J connectivity index is 2.10. The molecule has 0 amide bonds. The fourth-order valence-electron chi connectivity index (χ4n) is 2.07. The molecule has 2 aromatic carbocycles. The molecule has 0 N–H and O–H groups in total. The summed E-state index contributed by atoms with van der Waals surface area (Å²) in [4.78, 5) is 0. The van der Waals surface area contributed by atoms with Crippen LogP contribution in [0.2, 0.25) is 0 Å². The number of methoxy groups -OCH3 is 1. The van der Waals surface area contributed by atoms with Gasteiger partial charge >= 0.3 is 0 Å². The molecule has 23 heavy (non-hydrogen) atoms. The van der Waals surface area contributed by atoms with Gasteiger partial charge in [-0.25, -0.2) is 21.5 Å². The van der Waals surface area contributed by atoms with Crippen LogP contribution in [0.1, 0.15) is 11.1 Å². The van der Waals surface area contributed by atoms with Crippen molar-refractivity contribution in [3.05, 3.63) is 65.2 Å². The molecular weight excluding hydrogens is 324 g/mol. The highest BCUT2D eigenvalue weighted by atomic mass is 32.2. The van der Waals surface area contributed by atoms with E-state index in [1.807, 2.05) is 0 Å². The Morgan fingerprint density at radius 1 is 1.04 bits per heavy atom. The molecule has 2 aromatic rings. The van der Waals surface area contributed by atoms with Crippen LogP contribution in [0.5, 0.6) is 5.75 Å². The molecule has 0 saturated heterocycles. The van der Waals surface area contributed by atoms with Crippen LogP contribution in [0, 0.1) is 11.6 Å². The van der Waals surface area contributed by atoms with Crippen molar-refractivity contribution in [2.45, 2.75) is 12.3 Å². The van der Waals surface area contributed by atoms with Gasteiger partial charge < -0.3 is 4.74 Å². The van der Waals surface area contributed by atoms with Crippen molar-refractivity contribution in [1.82, 2.24) is 4.31 Å². The summed E-state index contributed by atoms with van der Waals surface area (Å²) in [6.07, 6.45) is 0. The number of benzene rings is 2. The van der Waals surface area contributed by atoms with Gasteiger partial charge in [-0.2, -0.15) is 0 Å². The lowest BCUT2D eigenvalue weighted by Crippen LogP contribution is -2.27. The maximum absolute atomic E-state index is 13.7. The SMILES string of the molecule is COc1ccc(CN(C)S(=O)(=O)Cc2ccc(F)cc2)cc1F. The van der Waals surface area contributed by atoms with Crippen LogP contribution in [-0.2, 0) is 22.3 Å². The molecule has 0 heterocycles. The molecule has 0 aromatic heterocycles. The molecule has 0 fully saturated rings. The van der Waals surface area contributed by atoms with Crippen molar-refractivity contribution in [3.8, 4) is 5.75 Å². The summed E-state index contributed by atoms with van der Waals surface area (Å²) in [5, 5.41) is 0. The zero-order valence-corrected chi connectivity index (χ0v) is 13.6. The molecule has 0 spiro atoms. The third kappa shape index (κ3) is 4.49. The largest absolute Gasteiger partial charge is 0.494 e. The van der Waals surface area contributed by atoms with Crippen LogP contribution in [-0.4, -0.2) is 26.9 Å². The van der Waals surface area contributed by atoms with Crippen molar-refractivity contribution in [3.63, 3.8) is 0 Å². The van der Waals surface area contributed by atoms with Crippen molar-refractivity contribution in [2.24, 2.45) is 0 Å². The quantitative estimate of drug-likeness (QED) is 0.812. The Bertz CT molecular complexity index is 776. The molecule has 2 rings (SSSR count). The van der Waals surface area contributed by atoms with E-state index in [0.717, 1.165) is 4.31 Å². The monoisotopic (exact) mass is 341 g/mol. The van der Waals surface area contributed by atoms with E-state index < -0.39 is 21.7 Å². The van der Waals surface area contributed by atoms with Gasteiger partial charge in [0.2, 0.25) is 10.0 Å². The summed E-state index contributed by atoms with van der Waals surface area (Å²) < 4.78 is 57.1. The second kappa shape index (κ2) is 7.06. The first-order chi connectivity index (χ1) is 10.8. The molecule has 124 valence electrons. The van der Waals surface area contributed by atoms with E-state index in [2.05, 4.69) is 0 Å². The maximum Gasteiger partial charge on any atom is 0.218 e. The lowest BCUT2D eigenvalue weighted by molar-refractivity contribution is 0.385. The number of ether oxygens (including phenoxy) is 1. The average molecular weight is 341 g/mol. The number of nitrogens with zero attached hydrogens (tertiary/aromatic N) is 1. The van der Waals surface area contributed by atoms with Gasteiger partial charge in [-0.15, -0.1) is 0 Å². The first-order valence-electron chi connectivity index (χ1n) is 6.82. The zero-order chi connectivity index (χ0) is 17.0. The molecule has 0 aliphatic heterocycles. The van der Waals surface area contributed by atoms with Gasteiger partial charge in [-0.3, -0.25) is 0 Å². The topological polar surface area (TPSA) is 46.6 Å². The Labute approximate surface area is 134 Å². The van der Waals surface area contributed by atoms with E-state index in [1.54, 1.807) is 6.07 Å². The molecule has 0 aliphatic rings. The summed E-state index contributed by atoms with van der Waals surface area (Å²) in [7, 11) is -0.820. The molecular formula is C16H17F2NO3S. The van der Waals surface area contributed by atoms with Gasteiger partial charge in [0.15, 0.2) is 11.6 Å². The maximum atomic E-state index is 13.7. The van der Waals surface area contributed by atoms with Crippen molar-refractivity contribution in [2.75, 3.05) is 14.2 Å². The van der Waals surface area contributed by atoms with Gasteiger partial charge in [0.05, 0.1) is 12.9 Å². The van der Waals surface area contributed by atoms with E-state index in [0.29, 0.717) is 11.1 Å². The first kappa shape index (κ1) is 17.4. The van der Waals surface area contributed by atoms with Gasteiger partial charge in [0.1, 0.15) is 5.82 Å². The van der Waals surface area contributed by atoms with Gasteiger partial charge in [-0.1, -0.05) is 18.2 Å². The van der Waals surface area contributed by atoms with E-state index in [4.69, 9.17) is 4.74 Å². The van der Waals surface area contributed by atoms with E-state index in [1.165, 1.54) is 50.6 Å². The Kier molecular flexibility index (Phi) is 5.33. The molecule has 0 atom stereocenters. The fraction of sp³-hybridized carbons (Fsp3) is 0.250. The van der Waals surface area contributed by atoms with E-state index >= 15 is 0 Å². The van der Waals surface area contributed by atoms with Crippen molar-refractivity contribution in [1.29, 1.82) is 0 Å². The fourth-order valence-corrected chi connectivity index (χ4v) is 3.24. The highest BCUT2D eigenvalue weighted by Gasteiger charge is 2.19. The standard InChI is InChI=1S/C16H17F2NO3S/c1-19(10-13-5-8-16(22-2)15(18)9-13)23(20,21)11-12-3-6-14(17)7-4-12/h3-9H,10-11H2,1-2H3. The minimum absolute atomic E-state index is 0.0322. The smallest absolute Gasteiger partial charge is 0.218 e. The summed E-state index contributed by atoms with van der Waals surface area (Å²) in [6, 6.07) is 9.56. The summed E-state index contributed by atoms with van der Waals surface area (Å²) in [6.45, 7) is 0.0322. The first-order valence-corrected chi connectivity index (χ1v) is 8.43. The number of hydrogen-bond acceptors (Lipinski definition) is 3. The lowest BCUT2D eigenvalue weighted by atomic mass is 10.2. The Morgan fingerprint density at radius 2 is 1.65 bits per heavy atom. The third-order valence-electron chi connectivity index (χ3n) is 3.36. The third-order valence-corrected chi connectivity index (χ3v) is 5.14. The summed E-state index contributed by atoms with van der Waals surface area (Å²) >= 11 is 0. The highest BCUT2D eigenvalue weighted by Crippen LogP contribution is 2.20. The van der Waals surface area contributed by atoms with Crippen LogP contribution < -0.4 is 4.74 Å². The van der Waals surface area contributed by atoms with Gasteiger partial charge in [0.25, 0.3) is 0 Å². The van der Waals surface area contributed by atoms with Crippen LogP contribution in [0.3, 0.4) is 0 Å². The normalized spacial score (nSPS) is 11.7. The van der Waals surface area contributed by atoms with Gasteiger partial charge in [0, 0.05) is 13.6 Å². The average Bonchev–Trinajstić information content (AvgIpc) is 2.49. The molecule has 0 aliphatic carbocycles. The molecule has 0 unspecified atom stereocenters. The van der Waals surface area contributed by atoms with Gasteiger partial charge in [-0.05, 0) is 35.4 Å². The molecule has 4 nitrogen and oxygen atoms in total. The summed E-state index contributed by atoms with van der Waals surface area (Å²) in [5.74, 6) is -1.12. The molecule has 0 bridgehead atoms. The van der Waals surface area contributed by atoms with Crippen molar-refractivity contribution < 1.29 is 21.9 Å².